The van der Waals surface area contributed by atoms with E-state index in [2.05, 4.69) is 25.8 Å². The Bertz CT molecular complexity index is 584. The van der Waals surface area contributed by atoms with Crippen LogP contribution in [-0.2, 0) is 4.74 Å². The third-order valence-corrected chi connectivity index (χ3v) is 2.89. The molecule has 2 aromatic rings. The summed E-state index contributed by atoms with van der Waals surface area (Å²) in [4.78, 5) is 11.5. The second-order valence-corrected chi connectivity index (χ2v) is 4.19. The fourth-order valence-corrected chi connectivity index (χ4v) is 2.15. The van der Waals surface area contributed by atoms with Crippen LogP contribution in [-0.4, -0.2) is 39.9 Å². The summed E-state index contributed by atoms with van der Waals surface area (Å²) < 4.78 is 6.53. The van der Waals surface area contributed by atoms with Crippen LogP contribution in [0.1, 0.15) is 10.4 Å². The van der Waals surface area contributed by atoms with Crippen LogP contribution in [0, 0.1) is 0 Å². The van der Waals surface area contributed by atoms with E-state index in [0.29, 0.717) is 15.6 Å². The lowest BCUT2D eigenvalue weighted by molar-refractivity contribution is 0.0603. The van der Waals surface area contributed by atoms with Gasteiger partial charge in [-0.3, -0.25) is 0 Å². The van der Waals surface area contributed by atoms with Crippen LogP contribution >= 0.6 is 15.9 Å². The number of aromatic nitrogens is 2. The number of ether oxygens (including phenoxy) is 1. The molecule has 0 atom stereocenters. The first-order chi connectivity index (χ1) is 8.04. The molecule has 0 aliphatic carbocycles. The molecule has 0 amide bonds. The van der Waals surface area contributed by atoms with Gasteiger partial charge < -0.3 is 14.8 Å². The highest BCUT2D eigenvalue weighted by molar-refractivity contribution is 9.10. The van der Waals surface area contributed by atoms with Crippen LogP contribution in [0.5, 0.6) is 0 Å². The summed E-state index contributed by atoms with van der Waals surface area (Å²) in [5, 5.41) is 22.1. The molecule has 2 N–H and O–H groups in total. The highest BCUT2D eigenvalue weighted by Gasteiger charge is 2.19. The molecule has 6 nitrogen and oxygen atoms in total. The van der Waals surface area contributed by atoms with Gasteiger partial charge in [-0.2, -0.15) is 5.10 Å². The summed E-state index contributed by atoms with van der Waals surface area (Å²) in [7, 11) is -0.313. The van der Waals surface area contributed by atoms with Crippen LogP contribution in [0.25, 0.3) is 5.52 Å². The maximum atomic E-state index is 11.5. The van der Waals surface area contributed by atoms with Crippen molar-refractivity contribution in [3.8, 4) is 0 Å². The Morgan fingerprint density at radius 3 is 2.88 bits per heavy atom. The highest BCUT2D eigenvalue weighted by atomic mass is 79.9. The number of carbonyl (C=O) groups excluding carboxylic acids is 1. The third-order valence-electron chi connectivity index (χ3n) is 2.29. The first-order valence-electron chi connectivity index (χ1n) is 4.66. The van der Waals surface area contributed by atoms with E-state index >= 15 is 0 Å². The third kappa shape index (κ3) is 2.06. The number of hydrogen-bond donors (Lipinski definition) is 2. The van der Waals surface area contributed by atoms with Gasteiger partial charge in [0.2, 0.25) is 0 Å². The number of hydrogen-bond acceptors (Lipinski definition) is 5. The van der Waals surface area contributed by atoms with E-state index < -0.39 is 13.1 Å². The number of nitrogens with zero attached hydrogens (tertiary/aromatic N) is 2. The summed E-state index contributed by atoms with van der Waals surface area (Å²) >= 11 is 3.25. The first-order valence-corrected chi connectivity index (χ1v) is 5.45. The first kappa shape index (κ1) is 12.1. The molecule has 0 aliphatic heterocycles. The Labute approximate surface area is 105 Å². The summed E-state index contributed by atoms with van der Waals surface area (Å²) in [6.45, 7) is 0. The van der Waals surface area contributed by atoms with E-state index in [1.165, 1.54) is 30.1 Å². The Morgan fingerprint density at radius 1 is 1.59 bits per heavy atom. The lowest BCUT2D eigenvalue weighted by Crippen LogP contribution is -2.30. The molecule has 2 heterocycles. The zero-order chi connectivity index (χ0) is 12.6. The Morgan fingerprint density at radius 2 is 2.29 bits per heavy atom. The van der Waals surface area contributed by atoms with Crippen molar-refractivity contribution in [2.24, 2.45) is 0 Å². The lowest BCUT2D eigenvalue weighted by Gasteiger charge is -2.04. The topological polar surface area (TPSA) is 84.1 Å². The molecule has 8 heteroatoms. The molecule has 0 bridgehead atoms. The number of halogens is 1. The average Bonchev–Trinajstić information content (AvgIpc) is 2.72. The molecule has 2 aromatic heterocycles. The molecule has 17 heavy (non-hydrogen) atoms. The highest BCUT2D eigenvalue weighted by Crippen LogP contribution is 2.21. The van der Waals surface area contributed by atoms with Crippen molar-refractivity contribution < 1.29 is 19.6 Å². The molecule has 0 saturated carbocycles. The summed E-state index contributed by atoms with van der Waals surface area (Å²) in [6, 6.07) is 1.51. The van der Waals surface area contributed by atoms with Gasteiger partial charge in [-0.15, -0.1) is 0 Å². The SMILES string of the molecule is COC(=O)c1cnn2cc(B(O)O)cc(Br)c12. The van der Waals surface area contributed by atoms with Gasteiger partial charge in [0.25, 0.3) is 0 Å². The van der Waals surface area contributed by atoms with Crippen LogP contribution < -0.4 is 5.46 Å². The standard InChI is InChI=1S/C9H8BBrN2O4/c1-17-9(14)6-3-12-13-4-5(10(15)16)2-7(11)8(6)13/h2-4,15-16H,1H3. The van der Waals surface area contributed by atoms with Gasteiger partial charge in [0.1, 0.15) is 5.56 Å². The van der Waals surface area contributed by atoms with Gasteiger partial charge in [0.05, 0.1) is 18.8 Å². The zero-order valence-corrected chi connectivity index (χ0v) is 10.4. The fourth-order valence-electron chi connectivity index (χ4n) is 1.49. The number of carbonyl (C=O) groups is 1. The lowest BCUT2D eigenvalue weighted by atomic mass is 9.82. The van der Waals surface area contributed by atoms with Crippen molar-refractivity contribution in [1.82, 2.24) is 9.61 Å². The summed E-state index contributed by atoms with van der Waals surface area (Å²) in [5.41, 5.74) is 1.09. The van der Waals surface area contributed by atoms with Crippen LogP contribution in [0.3, 0.4) is 0 Å². The van der Waals surface area contributed by atoms with Gasteiger partial charge in [-0.05, 0) is 22.0 Å². The number of fused-ring (bicyclic) bond motifs is 1. The van der Waals surface area contributed by atoms with Gasteiger partial charge in [0.15, 0.2) is 0 Å². The molecular formula is C9H8BBrN2O4. The monoisotopic (exact) mass is 298 g/mol. The molecular weight excluding hydrogens is 291 g/mol. The van der Waals surface area contributed by atoms with Crippen molar-refractivity contribution in [3.63, 3.8) is 0 Å². The molecule has 0 saturated heterocycles. The number of rotatable bonds is 2. The van der Waals surface area contributed by atoms with E-state index in [1.807, 2.05) is 0 Å². The summed E-state index contributed by atoms with van der Waals surface area (Å²) in [6.07, 6.45) is 2.79. The predicted octanol–water partition coefficient (Wildman–Crippen LogP) is -0.437. The average molecular weight is 299 g/mol. The Hall–Kier alpha value is -1.38. The molecule has 0 radical (unpaired) electrons. The van der Waals surface area contributed by atoms with E-state index in [-0.39, 0.29) is 5.46 Å². The minimum absolute atomic E-state index is 0.267. The van der Waals surface area contributed by atoms with Crippen molar-refractivity contribution >= 4 is 40.0 Å². The largest absolute Gasteiger partial charge is 0.490 e. The zero-order valence-electron chi connectivity index (χ0n) is 8.79. The molecule has 0 spiro atoms. The van der Waals surface area contributed by atoms with Crippen molar-refractivity contribution in [3.05, 3.63) is 28.5 Å². The van der Waals surface area contributed by atoms with Crippen LogP contribution in [0.2, 0.25) is 0 Å². The van der Waals surface area contributed by atoms with E-state index in [9.17, 15) is 4.79 Å². The van der Waals surface area contributed by atoms with E-state index in [1.54, 1.807) is 0 Å². The molecule has 88 valence electrons. The van der Waals surface area contributed by atoms with Gasteiger partial charge in [0, 0.05) is 16.1 Å². The predicted molar refractivity (Wildman–Crippen MR) is 64.1 cm³/mol. The molecule has 0 aromatic carbocycles. The van der Waals surface area contributed by atoms with Crippen molar-refractivity contribution in [1.29, 1.82) is 0 Å². The van der Waals surface area contributed by atoms with E-state index in [0.717, 1.165) is 0 Å². The Balaban J connectivity index is 2.67. The van der Waals surface area contributed by atoms with Crippen molar-refractivity contribution in [2.45, 2.75) is 0 Å². The quantitative estimate of drug-likeness (QED) is 0.580. The van der Waals surface area contributed by atoms with Gasteiger partial charge in [-0.1, -0.05) is 0 Å². The number of methoxy groups -OCH3 is 1. The van der Waals surface area contributed by atoms with Crippen LogP contribution in [0.15, 0.2) is 22.9 Å². The Kier molecular flexibility index (Phi) is 3.18. The maximum Gasteiger partial charge on any atom is 0.490 e. The van der Waals surface area contributed by atoms with E-state index in [4.69, 9.17) is 10.0 Å². The minimum atomic E-state index is -1.60. The summed E-state index contributed by atoms with van der Waals surface area (Å²) in [5.74, 6) is -0.502. The van der Waals surface area contributed by atoms with Crippen LogP contribution in [0.4, 0.5) is 0 Å². The molecule has 0 fully saturated rings. The number of pyridine rings is 1. The second kappa shape index (κ2) is 4.48. The smallest absolute Gasteiger partial charge is 0.465 e. The molecule has 2 rings (SSSR count). The van der Waals surface area contributed by atoms with Crippen molar-refractivity contribution in [2.75, 3.05) is 7.11 Å². The normalized spacial score (nSPS) is 10.6. The molecule has 0 aliphatic rings. The van der Waals surface area contributed by atoms with Gasteiger partial charge in [-0.25, -0.2) is 9.31 Å². The number of esters is 1. The molecule has 0 unspecified atom stereocenters. The van der Waals surface area contributed by atoms with Gasteiger partial charge >= 0.3 is 13.1 Å². The fraction of sp³-hybridized carbons (Fsp3) is 0.111. The maximum absolute atomic E-state index is 11.5. The minimum Gasteiger partial charge on any atom is -0.465 e. The second-order valence-electron chi connectivity index (χ2n) is 3.34.